The van der Waals surface area contributed by atoms with Gasteiger partial charge in [0.2, 0.25) is 5.91 Å². The highest BCUT2D eigenvalue weighted by molar-refractivity contribution is 6.20. The summed E-state index contributed by atoms with van der Waals surface area (Å²) in [5.41, 5.74) is 0. The first-order chi connectivity index (χ1) is 16.4. The molecule has 0 aromatic rings. The van der Waals surface area contributed by atoms with E-state index in [1.54, 1.807) is 0 Å². The average molecular weight is 521 g/mol. The molecule has 2 saturated heterocycles. The van der Waals surface area contributed by atoms with Gasteiger partial charge in [0, 0.05) is 49.1 Å². The molecule has 2 aliphatic carbocycles. The van der Waals surface area contributed by atoms with Crippen LogP contribution >= 0.6 is 11.6 Å². The Hall–Kier alpha value is -1.22. The second-order valence-corrected chi connectivity index (χ2v) is 12.2. The minimum atomic E-state index is -4.36. The van der Waals surface area contributed by atoms with Gasteiger partial charge in [-0.15, -0.1) is 11.6 Å². The summed E-state index contributed by atoms with van der Waals surface area (Å²) in [5, 5.41) is 8.38. The number of fused-ring (bicyclic) bond motifs is 1. The van der Waals surface area contributed by atoms with Crippen molar-refractivity contribution >= 4 is 23.5 Å². The molecule has 10 unspecified atom stereocenters. The molecule has 10 atom stereocenters. The smallest absolute Gasteiger partial charge is 0.342 e. The molecule has 4 rings (SSSR count). The Morgan fingerprint density at radius 1 is 1.03 bits per heavy atom. The molecule has 0 spiro atoms. The van der Waals surface area contributed by atoms with E-state index in [4.69, 9.17) is 11.6 Å². The summed E-state index contributed by atoms with van der Waals surface area (Å²) < 4.78 is 39.8. The number of alkyl halides is 4. The summed E-state index contributed by atoms with van der Waals surface area (Å²) in [7, 11) is 1.94. The van der Waals surface area contributed by atoms with Gasteiger partial charge in [-0.1, -0.05) is 6.92 Å². The van der Waals surface area contributed by atoms with Crippen LogP contribution in [0.1, 0.15) is 65.2 Å². The largest absolute Gasteiger partial charge is 0.393 e. The fraction of sp³-hybridized carbons (Fsp3) is 0.920. The normalized spacial score (nSPS) is 42.8. The monoisotopic (exact) mass is 520 g/mol. The van der Waals surface area contributed by atoms with Gasteiger partial charge in [-0.05, 0) is 76.0 Å². The van der Waals surface area contributed by atoms with Gasteiger partial charge >= 0.3 is 12.2 Å². The van der Waals surface area contributed by atoms with E-state index >= 15 is 0 Å². The molecule has 2 saturated carbocycles. The Labute approximate surface area is 211 Å². The number of hydrogen-bond acceptors (Lipinski definition) is 3. The van der Waals surface area contributed by atoms with E-state index in [1.165, 1.54) is 0 Å². The Balaban J connectivity index is 1.33. The van der Waals surface area contributed by atoms with E-state index in [2.05, 4.69) is 29.8 Å². The van der Waals surface area contributed by atoms with Crippen LogP contribution in [-0.2, 0) is 4.79 Å². The van der Waals surface area contributed by atoms with Gasteiger partial charge in [0.25, 0.3) is 0 Å². The highest BCUT2D eigenvalue weighted by Crippen LogP contribution is 2.43. The third-order valence-corrected chi connectivity index (χ3v) is 9.74. The van der Waals surface area contributed by atoms with Gasteiger partial charge in [-0.2, -0.15) is 13.2 Å². The van der Waals surface area contributed by atoms with Crippen molar-refractivity contribution < 1.29 is 22.8 Å². The summed E-state index contributed by atoms with van der Waals surface area (Å²) in [6, 6.07) is -0.340. The van der Waals surface area contributed by atoms with Crippen LogP contribution in [0.5, 0.6) is 0 Å². The van der Waals surface area contributed by atoms with E-state index in [0.29, 0.717) is 24.3 Å². The number of urea groups is 1. The number of carbonyl (C=O) groups is 2. The number of piperidine rings is 2. The molecule has 0 aromatic heterocycles. The summed E-state index contributed by atoms with van der Waals surface area (Å²) in [6.45, 7) is 5.29. The van der Waals surface area contributed by atoms with Crippen molar-refractivity contribution in [1.29, 1.82) is 0 Å². The molecule has 4 fully saturated rings. The van der Waals surface area contributed by atoms with E-state index in [9.17, 15) is 22.8 Å². The van der Waals surface area contributed by atoms with Gasteiger partial charge in [-0.3, -0.25) is 4.79 Å². The van der Waals surface area contributed by atoms with Crippen molar-refractivity contribution in [1.82, 2.24) is 20.9 Å². The Morgan fingerprint density at radius 3 is 2.37 bits per heavy atom. The molecule has 10 heteroatoms. The van der Waals surface area contributed by atoms with Crippen LogP contribution in [0.25, 0.3) is 0 Å². The third-order valence-electron chi connectivity index (χ3n) is 9.22. The molecule has 2 aliphatic heterocycles. The number of carbonyl (C=O) groups excluding carboxylic acids is 2. The van der Waals surface area contributed by atoms with Crippen molar-refractivity contribution in [2.24, 2.45) is 29.6 Å². The van der Waals surface area contributed by atoms with Crippen LogP contribution in [0.4, 0.5) is 18.0 Å². The quantitative estimate of drug-likeness (QED) is 0.486. The van der Waals surface area contributed by atoms with Crippen molar-refractivity contribution in [2.75, 3.05) is 13.6 Å². The fourth-order valence-corrected chi connectivity index (χ4v) is 7.49. The minimum absolute atomic E-state index is 0.0503. The summed E-state index contributed by atoms with van der Waals surface area (Å²) in [5.74, 6) is -0.411. The molecule has 0 radical (unpaired) electrons. The molecule has 0 bridgehead atoms. The average Bonchev–Trinajstić information content (AvgIpc) is 2.78. The zero-order valence-corrected chi connectivity index (χ0v) is 21.7. The first-order valence-corrected chi connectivity index (χ1v) is 13.7. The lowest BCUT2D eigenvalue weighted by Crippen LogP contribution is -2.60. The lowest BCUT2D eigenvalue weighted by Gasteiger charge is -2.50. The molecule has 4 aliphatic rings. The van der Waals surface area contributed by atoms with E-state index < -0.39 is 29.5 Å². The number of likely N-dealkylation sites (tertiary alicyclic amines) is 1. The van der Waals surface area contributed by atoms with Crippen LogP contribution in [0.3, 0.4) is 0 Å². The number of amides is 3. The molecule has 3 amide bonds. The Morgan fingerprint density at radius 2 is 1.69 bits per heavy atom. The SMILES string of the molecule is CC1CC2C(CN1)CC(C1CC(NC(=O)NC3CCC(Cl)C(C(F)(F)F)C3)CCC1C)C(=O)N2C. The Kier molecular flexibility index (Phi) is 8.16. The first kappa shape index (κ1) is 26.8. The number of hydrogen-bond donors (Lipinski definition) is 3. The molecule has 0 aromatic carbocycles. The lowest BCUT2D eigenvalue weighted by molar-refractivity contribution is -0.182. The highest BCUT2D eigenvalue weighted by atomic mass is 35.5. The predicted octanol–water partition coefficient (Wildman–Crippen LogP) is 4.27. The third kappa shape index (κ3) is 6.03. The maximum Gasteiger partial charge on any atom is 0.393 e. The van der Waals surface area contributed by atoms with Gasteiger partial charge in [0.15, 0.2) is 0 Å². The van der Waals surface area contributed by atoms with Crippen molar-refractivity contribution in [3.05, 3.63) is 0 Å². The molecule has 3 N–H and O–H groups in total. The van der Waals surface area contributed by atoms with Gasteiger partial charge in [0.1, 0.15) is 0 Å². The van der Waals surface area contributed by atoms with E-state index in [0.717, 1.165) is 38.6 Å². The molecular formula is C25H40ClF3N4O2. The molecule has 35 heavy (non-hydrogen) atoms. The van der Waals surface area contributed by atoms with E-state index in [1.807, 2.05) is 11.9 Å². The number of halogens is 4. The standard InChI is InChI=1S/C25H40ClF3N4O2/c1-13-4-5-16(31-24(35)32-17-6-7-21(26)20(11-17)25(27,28)29)10-18(13)19-9-15-12-30-14(2)8-22(15)33(3)23(19)34/h13-22,30H,4-12H2,1-3H3,(H2,31,32,35). The minimum Gasteiger partial charge on any atom is -0.342 e. The topological polar surface area (TPSA) is 73.5 Å². The highest BCUT2D eigenvalue weighted by Gasteiger charge is 2.48. The van der Waals surface area contributed by atoms with Crippen LogP contribution in [0.2, 0.25) is 0 Å². The molecule has 6 nitrogen and oxygen atoms in total. The van der Waals surface area contributed by atoms with Crippen LogP contribution < -0.4 is 16.0 Å². The maximum absolute atomic E-state index is 13.4. The summed E-state index contributed by atoms with van der Waals surface area (Å²) in [4.78, 5) is 28.0. The number of rotatable bonds is 3. The fourth-order valence-electron chi connectivity index (χ4n) is 7.12. The second-order valence-electron chi connectivity index (χ2n) is 11.6. The van der Waals surface area contributed by atoms with Crippen LogP contribution in [0.15, 0.2) is 0 Å². The number of nitrogens with one attached hydrogen (secondary N) is 3. The molecule has 2 heterocycles. The van der Waals surface area contributed by atoms with E-state index in [-0.39, 0.29) is 42.7 Å². The van der Waals surface area contributed by atoms with Gasteiger partial charge in [-0.25, -0.2) is 4.79 Å². The molecular weight excluding hydrogens is 481 g/mol. The lowest BCUT2D eigenvalue weighted by atomic mass is 9.65. The summed E-state index contributed by atoms with van der Waals surface area (Å²) in [6.07, 6.45) is 0.427. The first-order valence-electron chi connectivity index (χ1n) is 13.2. The predicted molar refractivity (Wildman–Crippen MR) is 129 cm³/mol. The van der Waals surface area contributed by atoms with Gasteiger partial charge in [0.05, 0.1) is 5.92 Å². The Bertz CT molecular complexity index is 784. The van der Waals surface area contributed by atoms with Gasteiger partial charge < -0.3 is 20.9 Å². The van der Waals surface area contributed by atoms with Crippen LogP contribution in [-0.4, -0.2) is 66.2 Å². The molecule has 200 valence electrons. The second kappa shape index (κ2) is 10.6. The maximum atomic E-state index is 13.4. The summed E-state index contributed by atoms with van der Waals surface area (Å²) >= 11 is 5.92. The van der Waals surface area contributed by atoms with Crippen molar-refractivity contribution in [2.45, 2.75) is 101 Å². The zero-order valence-electron chi connectivity index (χ0n) is 20.9. The zero-order chi connectivity index (χ0) is 25.5. The van der Waals surface area contributed by atoms with Crippen molar-refractivity contribution in [3.8, 4) is 0 Å². The van der Waals surface area contributed by atoms with Crippen LogP contribution in [0, 0.1) is 29.6 Å². The number of nitrogens with zero attached hydrogens (tertiary/aromatic N) is 1. The van der Waals surface area contributed by atoms with Crippen molar-refractivity contribution in [3.63, 3.8) is 0 Å².